The van der Waals surface area contributed by atoms with E-state index in [1.54, 1.807) is 4.90 Å². The average molecular weight is 502 g/mol. The van der Waals surface area contributed by atoms with Crippen molar-refractivity contribution in [3.05, 3.63) is 58.8 Å². The second kappa shape index (κ2) is 9.11. The minimum absolute atomic E-state index is 0.0168. The Labute approximate surface area is 192 Å². The number of hydrogen-bond donors (Lipinski definition) is 1. The molecule has 0 unspecified atom stereocenters. The summed E-state index contributed by atoms with van der Waals surface area (Å²) in [7, 11) is 1.83. The topological polar surface area (TPSA) is 89.4 Å². The molecule has 10 heteroatoms. The smallest absolute Gasteiger partial charge is 0.265 e. The number of benzene rings is 2. The van der Waals surface area contributed by atoms with Gasteiger partial charge in [-0.1, -0.05) is 39.8 Å². The van der Waals surface area contributed by atoms with Crippen molar-refractivity contribution in [2.24, 2.45) is 7.05 Å². The number of amides is 2. The number of nitrogens with one attached hydrogen (secondary N) is 1. The lowest BCUT2D eigenvalue weighted by Gasteiger charge is -2.33. The van der Waals surface area contributed by atoms with Gasteiger partial charge in [0.15, 0.2) is 17.6 Å². The van der Waals surface area contributed by atoms with E-state index in [0.29, 0.717) is 22.4 Å². The van der Waals surface area contributed by atoms with E-state index in [2.05, 4.69) is 31.4 Å². The van der Waals surface area contributed by atoms with Crippen molar-refractivity contribution in [1.82, 2.24) is 14.8 Å². The highest BCUT2D eigenvalue weighted by atomic mass is 79.9. The number of carbonyl (C=O) groups is 2. The second-order valence-electron chi connectivity index (χ2n) is 6.94. The van der Waals surface area contributed by atoms with Gasteiger partial charge >= 0.3 is 0 Å². The number of ether oxygens (including phenoxy) is 1. The van der Waals surface area contributed by atoms with Gasteiger partial charge < -0.3 is 14.6 Å². The van der Waals surface area contributed by atoms with E-state index in [0.717, 1.165) is 10.2 Å². The third kappa shape index (κ3) is 4.59. The van der Waals surface area contributed by atoms with Crippen LogP contribution in [0.2, 0.25) is 0 Å². The third-order valence-corrected chi connectivity index (χ3v) is 6.38. The van der Waals surface area contributed by atoms with E-state index in [9.17, 15) is 9.59 Å². The normalized spacial score (nSPS) is 14.0. The van der Waals surface area contributed by atoms with Crippen LogP contribution in [0.1, 0.15) is 18.8 Å². The molecule has 2 amide bonds. The van der Waals surface area contributed by atoms with Gasteiger partial charge in [-0.2, -0.15) is 0 Å². The van der Waals surface area contributed by atoms with Crippen LogP contribution in [0.15, 0.2) is 58.2 Å². The number of nitrogens with zero attached hydrogens (tertiary/aromatic N) is 4. The molecule has 2 heterocycles. The zero-order chi connectivity index (χ0) is 22.0. The van der Waals surface area contributed by atoms with Crippen molar-refractivity contribution in [3.63, 3.8) is 0 Å². The van der Waals surface area contributed by atoms with Gasteiger partial charge in [0.25, 0.3) is 5.91 Å². The van der Waals surface area contributed by atoms with Crippen molar-refractivity contribution < 1.29 is 14.3 Å². The second-order valence-corrected chi connectivity index (χ2v) is 8.80. The lowest BCUT2D eigenvalue weighted by molar-refractivity contribution is -0.121. The first kappa shape index (κ1) is 21.4. The molecule has 0 radical (unpaired) electrons. The Hall–Kier alpha value is -2.85. The summed E-state index contributed by atoms with van der Waals surface area (Å²) in [6.07, 6.45) is 0. The maximum absolute atomic E-state index is 12.6. The molecule has 0 spiro atoms. The highest BCUT2D eigenvalue weighted by Gasteiger charge is 2.32. The zero-order valence-electron chi connectivity index (χ0n) is 16.9. The number of para-hydroxylation sites is 2. The van der Waals surface area contributed by atoms with Crippen LogP contribution in [-0.2, 0) is 16.6 Å². The number of halogens is 1. The standard InChI is InChI=1S/C21H20BrN5O3S/c1-13(27-16-5-3-4-6-17(16)30-11-19(27)29)20-24-25-21(26(20)2)31-12-18(28)23-15-9-7-14(22)8-10-15/h3-10,13H,11-12H2,1-2H3,(H,23,28)/t13-/m1/s1. The molecule has 4 rings (SSSR count). The number of aromatic nitrogens is 3. The van der Waals surface area contributed by atoms with Gasteiger partial charge in [-0.25, -0.2) is 0 Å². The van der Waals surface area contributed by atoms with Crippen LogP contribution in [0.25, 0.3) is 0 Å². The van der Waals surface area contributed by atoms with Gasteiger partial charge in [0.1, 0.15) is 5.75 Å². The van der Waals surface area contributed by atoms with Crippen LogP contribution < -0.4 is 15.0 Å². The highest BCUT2D eigenvalue weighted by molar-refractivity contribution is 9.10. The van der Waals surface area contributed by atoms with Crippen LogP contribution in [-0.4, -0.2) is 38.9 Å². The SMILES string of the molecule is C[C@H](c1nnc(SCC(=O)Nc2ccc(Br)cc2)n1C)N1C(=O)COc2ccccc21. The van der Waals surface area contributed by atoms with E-state index in [1.165, 1.54) is 11.8 Å². The molecule has 160 valence electrons. The van der Waals surface area contributed by atoms with Crippen molar-refractivity contribution in [1.29, 1.82) is 0 Å². The molecule has 3 aromatic rings. The van der Waals surface area contributed by atoms with Crippen molar-refractivity contribution in [2.45, 2.75) is 18.1 Å². The predicted octanol–water partition coefficient (Wildman–Crippen LogP) is 3.80. The lowest BCUT2D eigenvalue weighted by Crippen LogP contribution is -2.41. The summed E-state index contributed by atoms with van der Waals surface area (Å²) in [6.45, 7) is 1.88. The number of hydrogen-bond acceptors (Lipinski definition) is 6. The minimum atomic E-state index is -0.346. The first-order chi connectivity index (χ1) is 14.9. The molecular weight excluding hydrogens is 482 g/mol. The highest BCUT2D eigenvalue weighted by Crippen LogP contribution is 2.37. The molecule has 31 heavy (non-hydrogen) atoms. The Morgan fingerprint density at radius 3 is 2.74 bits per heavy atom. The van der Waals surface area contributed by atoms with Crippen molar-refractivity contribution in [3.8, 4) is 5.75 Å². The number of fused-ring (bicyclic) bond motifs is 1. The van der Waals surface area contributed by atoms with E-state index < -0.39 is 0 Å². The van der Waals surface area contributed by atoms with Crippen LogP contribution in [0, 0.1) is 0 Å². The summed E-state index contributed by atoms with van der Waals surface area (Å²) in [5.74, 6) is 1.20. The molecule has 0 aliphatic carbocycles. The number of carbonyl (C=O) groups excluding carboxylic acids is 2. The molecule has 0 fully saturated rings. The molecule has 0 bridgehead atoms. The van der Waals surface area contributed by atoms with Gasteiger partial charge in [0, 0.05) is 17.2 Å². The molecule has 1 aliphatic rings. The van der Waals surface area contributed by atoms with Crippen LogP contribution in [0.4, 0.5) is 11.4 Å². The van der Waals surface area contributed by atoms with Crippen molar-refractivity contribution in [2.75, 3.05) is 22.6 Å². The lowest BCUT2D eigenvalue weighted by atomic mass is 10.1. The molecular formula is C21H20BrN5O3S. The molecule has 1 aromatic heterocycles. The summed E-state index contributed by atoms with van der Waals surface area (Å²) in [4.78, 5) is 26.5. The first-order valence-corrected chi connectivity index (χ1v) is 11.3. The largest absolute Gasteiger partial charge is 0.482 e. The van der Waals surface area contributed by atoms with Gasteiger partial charge in [-0.05, 0) is 43.3 Å². The van der Waals surface area contributed by atoms with Crippen molar-refractivity contribution >= 4 is 50.9 Å². The summed E-state index contributed by atoms with van der Waals surface area (Å²) in [5, 5.41) is 12.0. The molecule has 0 saturated heterocycles. The predicted molar refractivity (Wildman–Crippen MR) is 122 cm³/mol. The van der Waals surface area contributed by atoms with Gasteiger partial charge in [-0.3, -0.25) is 14.5 Å². The quantitative estimate of drug-likeness (QED) is 0.516. The van der Waals surface area contributed by atoms with E-state index in [-0.39, 0.29) is 30.2 Å². The Morgan fingerprint density at radius 2 is 1.97 bits per heavy atom. The summed E-state index contributed by atoms with van der Waals surface area (Å²) in [6, 6.07) is 14.5. The van der Waals surface area contributed by atoms with E-state index in [4.69, 9.17) is 4.74 Å². The van der Waals surface area contributed by atoms with E-state index in [1.807, 2.05) is 67.1 Å². The summed E-state index contributed by atoms with van der Waals surface area (Å²) >= 11 is 4.66. The monoisotopic (exact) mass is 501 g/mol. The Bertz CT molecular complexity index is 1120. The maximum atomic E-state index is 12.6. The Balaban J connectivity index is 1.45. The van der Waals surface area contributed by atoms with Gasteiger partial charge in [0.05, 0.1) is 17.5 Å². The van der Waals surface area contributed by atoms with Crippen LogP contribution in [0.3, 0.4) is 0 Å². The molecule has 0 saturated carbocycles. The Kier molecular flexibility index (Phi) is 6.28. The fraction of sp³-hybridized carbons (Fsp3) is 0.238. The number of anilines is 2. The zero-order valence-corrected chi connectivity index (χ0v) is 19.3. The first-order valence-electron chi connectivity index (χ1n) is 9.55. The fourth-order valence-electron chi connectivity index (χ4n) is 3.34. The minimum Gasteiger partial charge on any atom is -0.482 e. The van der Waals surface area contributed by atoms with Gasteiger partial charge in [0.2, 0.25) is 5.91 Å². The summed E-state index contributed by atoms with van der Waals surface area (Å²) in [5.41, 5.74) is 1.43. The van der Waals surface area contributed by atoms with Gasteiger partial charge in [-0.15, -0.1) is 10.2 Å². The average Bonchev–Trinajstić information content (AvgIpc) is 3.14. The summed E-state index contributed by atoms with van der Waals surface area (Å²) < 4.78 is 8.28. The molecule has 2 aromatic carbocycles. The molecule has 1 N–H and O–H groups in total. The number of rotatable bonds is 6. The van der Waals surface area contributed by atoms with Crippen LogP contribution >= 0.6 is 27.7 Å². The van der Waals surface area contributed by atoms with E-state index >= 15 is 0 Å². The Morgan fingerprint density at radius 1 is 1.23 bits per heavy atom. The number of thioether (sulfide) groups is 1. The molecule has 1 aliphatic heterocycles. The fourth-order valence-corrected chi connectivity index (χ4v) is 4.32. The molecule has 8 nitrogen and oxygen atoms in total. The van der Waals surface area contributed by atoms with Crippen LogP contribution in [0.5, 0.6) is 5.75 Å². The molecule has 1 atom stereocenters. The third-order valence-electron chi connectivity index (χ3n) is 4.83. The maximum Gasteiger partial charge on any atom is 0.265 e.